The SMILES string of the molecule is C/C=C/Cc1cc(/C(C)=C/C(=O)O)cc([N+](=O)[O-])c1OCCC. The molecule has 124 valence electrons. The van der Waals surface area contributed by atoms with Gasteiger partial charge in [-0.15, -0.1) is 0 Å². The Kier molecular flexibility index (Phi) is 6.99. The van der Waals surface area contributed by atoms with Gasteiger partial charge in [0.25, 0.3) is 0 Å². The van der Waals surface area contributed by atoms with E-state index in [9.17, 15) is 14.9 Å². The average molecular weight is 319 g/mol. The Morgan fingerprint density at radius 3 is 2.65 bits per heavy atom. The fourth-order valence-electron chi connectivity index (χ4n) is 2.07. The quantitative estimate of drug-likeness (QED) is 0.338. The Morgan fingerprint density at radius 1 is 1.43 bits per heavy atom. The number of nitrogens with zero attached hydrogens (tertiary/aromatic N) is 1. The van der Waals surface area contributed by atoms with Gasteiger partial charge in [0.1, 0.15) is 0 Å². The molecule has 0 bridgehead atoms. The molecule has 1 rings (SSSR count). The van der Waals surface area contributed by atoms with E-state index < -0.39 is 10.9 Å². The van der Waals surface area contributed by atoms with Crippen molar-refractivity contribution in [1.82, 2.24) is 0 Å². The van der Waals surface area contributed by atoms with Crippen molar-refractivity contribution in [3.8, 4) is 5.75 Å². The third kappa shape index (κ3) is 5.25. The second-order valence-corrected chi connectivity index (χ2v) is 5.03. The Morgan fingerprint density at radius 2 is 2.13 bits per heavy atom. The van der Waals surface area contributed by atoms with Crippen LogP contribution in [0.1, 0.15) is 38.3 Å². The molecule has 0 fully saturated rings. The van der Waals surface area contributed by atoms with Crippen LogP contribution in [0.3, 0.4) is 0 Å². The molecule has 0 aliphatic heterocycles. The van der Waals surface area contributed by atoms with E-state index in [0.717, 1.165) is 12.5 Å². The van der Waals surface area contributed by atoms with Gasteiger partial charge in [-0.2, -0.15) is 0 Å². The summed E-state index contributed by atoms with van der Waals surface area (Å²) in [5, 5.41) is 20.2. The number of carboxylic acid groups (broad SMARTS) is 1. The third-order valence-corrected chi connectivity index (χ3v) is 3.16. The smallest absolute Gasteiger partial charge is 0.328 e. The van der Waals surface area contributed by atoms with Gasteiger partial charge >= 0.3 is 11.7 Å². The summed E-state index contributed by atoms with van der Waals surface area (Å²) in [6.45, 7) is 5.78. The standard InChI is InChI=1S/C17H21NO5/c1-4-6-7-13-10-14(12(3)9-16(19)20)11-15(18(21)22)17(13)23-8-5-2/h4,6,9-11H,5,7-8H2,1-3H3,(H,19,20)/b6-4+,12-9+. The van der Waals surface area contributed by atoms with Gasteiger partial charge in [0, 0.05) is 17.7 Å². The second-order valence-electron chi connectivity index (χ2n) is 5.03. The first-order valence-electron chi connectivity index (χ1n) is 7.37. The van der Waals surface area contributed by atoms with Crippen molar-refractivity contribution in [2.75, 3.05) is 6.61 Å². The lowest BCUT2D eigenvalue weighted by molar-refractivity contribution is -0.386. The molecule has 0 aliphatic carbocycles. The molecule has 0 aromatic heterocycles. The van der Waals surface area contributed by atoms with Crippen LogP contribution in [-0.2, 0) is 11.2 Å². The summed E-state index contributed by atoms with van der Waals surface area (Å²) in [5.41, 5.74) is 1.47. The number of hydrogen-bond donors (Lipinski definition) is 1. The molecule has 1 aromatic rings. The minimum atomic E-state index is -1.09. The highest BCUT2D eigenvalue weighted by atomic mass is 16.6. The molecule has 6 nitrogen and oxygen atoms in total. The van der Waals surface area contributed by atoms with Crippen molar-refractivity contribution in [2.45, 2.75) is 33.6 Å². The molecule has 0 saturated heterocycles. The van der Waals surface area contributed by atoms with E-state index in [4.69, 9.17) is 9.84 Å². The van der Waals surface area contributed by atoms with Gasteiger partial charge in [-0.25, -0.2) is 4.79 Å². The van der Waals surface area contributed by atoms with Crippen molar-refractivity contribution < 1.29 is 19.6 Å². The summed E-state index contributed by atoms with van der Waals surface area (Å²) in [5.74, 6) is -0.840. The van der Waals surface area contributed by atoms with Gasteiger partial charge in [-0.3, -0.25) is 10.1 Å². The van der Waals surface area contributed by atoms with E-state index in [0.29, 0.717) is 29.7 Å². The monoisotopic (exact) mass is 319 g/mol. The molecule has 1 N–H and O–H groups in total. The van der Waals surface area contributed by atoms with E-state index in [1.807, 2.05) is 26.0 Å². The molecule has 0 unspecified atom stereocenters. The topological polar surface area (TPSA) is 89.7 Å². The highest BCUT2D eigenvalue weighted by molar-refractivity contribution is 5.90. The molecule has 6 heteroatoms. The van der Waals surface area contributed by atoms with E-state index >= 15 is 0 Å². The van der Waals surface area contributed by atoms with Gasteiger partial charge in [0.15, 0.2) is 0 Å². The zero-order valence-corrected chi connectivity index (χ0v) is 13.5. The fraction of sp³-hybridized carbons (Fsp3) is 0.353. The van der Waals surface area contributed by atoms with Crippen molar-refractivity contribution in [1.29, 1.82) is 0 Å². The molecule has 0 amide bonds. The summed E-state index contributed by atoms with van der Waals surface area (Å²) in [7, 11) is 0. The number of carbonyl (C=O) groups is 1. The lowest BCUT2D eigenvalue weighted by atomic mass is 10.00. The van der Waals surface area contributed by atoms with Crippen LogP contribution in [0, 0.1) is 10.1 Å². The zero-order valence-electron chi connectivity index (χ0n) is 13.5. The highest BCUT2D eigenvalue weighted by Crippen LogP contribution is 2.35. The first-order valence-corrected chi connectivity index (χ1v) is 7.37. The largest absolute Gasteiger partial charge is 0.487 e. The lowest BCUT2D eigenvalue weighted by Crippen LogP contribution is -2.04. The van der Waals surface area contributed by atoms with Crippen LogP contribution >= 0.6 is 0 Å². The van der Waals surface area contributed by atoms with Crippen molar-refractivity contribution in [2.24, 2.45) is 0 Å². The maximum Gasteiger partial charge on any atom is 0.328 e. The molecule has 0 heterocycles. The second kappa shape index (κ2) is 8.73. The Bertz CT molecular complexity index is 647. The average Bonchev–Trinajstić information content (AvgIpc) is 2.49. The third-order valence-electron chi connectivity index (χ3n) is 3.16. The summed E-state index contributed by atoms with van der Waals surface area (Å²) in [6, 6.07) is 3.10. The summed E-state index contributed by atoms with van der Waals surface area (Å²) >= 11 is 0. The summed E-state index contributed by atoms with van der Waals surface area (Å²) in [6.07, 6.45) is 5.97. The van der Waals surface area contributed by atoms with Crippen LogP contribution in [0.2, 0.25) is 0 Å². The number of nitro benzene ring substituents is 1. The van der Waals surface area contributed by atoms with E-state index in [2.05, 4.69) is 0 Å². The molecule has 23 heavy (non-hydrogen) atoms. The number of hydrogen-bond acceptors (Lipinski definition) is 4. The lowest BCUT2D eigenvalue weighted by Gasteiger charge is -2.13. The molecule has 1 aromatic carbocycles. The maximum absolute atomic E-state index is 11.4. The molecule has 0 spiro atoms. The minimum Gasteiger partial charge on any atom is -0.487 e. The molecular formula is C17H21NO5. The van der Waals surface area contributed by atoms with Crippen LogP contribution in [0.4, 0.5) is 5.69 Å². The normalized spacial score (nSPS) is 11.7. The van der Waals surface area contributed by atoms with Gasteiger partial charge in [-0.1, -0.05) is 19.1 Å². The van der Waals surface area contributed by atoms with Crippen LogP contribution in [0.15, 0.2) is 30.4 Å². The van der Waals surface area contributed by atoms with E-state index in [1.165, 1.54) is 6.07 Å². The summed E-state index contributed by atoms with van der Waals surface area (Å²) in [4.78, 5) is 21.7. The van der Waals surface area contributed by atoms with Crippen molar-refractivity contribution >= 4 is 17.2 Å². The Balaban J connectivity index is 3.49. The number of nitro groups is 1. The fourth-order valence-corrected chi connectivity index (χ4v) is 2.07. The van der Waals surface area contributed by atoms with Crippen LogP contribution < -0.4 is 4.74 Å². The minimum absolute atomic E-state index is 0.145. The maximum atomic E-state index is 11.4. The first-order chi connectivity index (χ1) is 10.9. The van der Waals surface area contributed by atoms with Crippen molar-refractivity contribution in [3.63, 3.8) is 0 Å². The molecule has 0 aliphatic rings. The van der Waals surface area contributed by atoms with E-state index in [1.54, 1.807) is 13.0 Å². The molecular weight excluding hydrogens is 298 g/mol. The number of benzene rings is 1. The van der Waals surface area contributed by atoms with Gasteiger partial charge < -0.3 is 9.84 Å². The summed E-state index contributed by atoms with van der Waals surface area (Å²) < 4.78 is 5.58. The number of aliphatic carboxylic acids is 1. The molecule has 0 radical (unpaired) electrons. The van der Waals surface area contributed by atoms with Crippen LogP contribution in [0.5, 0.6) is 5.75 Å². The van der Waals surface area contributed by atoms with Gasteiger partial charge in [-0.05, 0) is 43.9 Å². The predicted octanol–water partition coefficient (Wildman–Crippen LogP) is 3.99. The number of ether oxygens (including phenoxy) is 1. The first kappa shape index (κ1) is 18.4. The molecule has 0 atom stereocenters. The highest BCUT2D eigenvalue weighted by Gasteiger charge is 2.21. The number of allylic oxidation sites excluding steroid dienone is 3. The zero-order chi connectivity index (χ0) is 17.4. The number of carboxylic acids is 1. The molecule has 0 saturated carbocycles. The van der Waals surface area contributed by atoms with Crippen LogP contribution in [0.25, 0.3) is 5.57 Å². The Labute approximate surface area is 135 Å². The van der Waals surface area contributed by atoms with Gasteiger partial charge in [0.2, 0.25) is 5.75 Å². The Hall–Kier alpha value is -2.63. The predicted molar refractivity (Wildman–Crippen MR) is 88.7 cm³/mol. The van der Waals surface area contributed by atoms with E-state index in [-0.39, 0.29) is 11.4 Å². The number of rotatable bonds is 8. The van der Waals surface area contributed by atoms with Crippen molar-refractivity contribution in [3.05, 3.63) is 51.6 Å². The van der Waals surface area contributed by atoms with Gasteiger partial charge in [0.05, 0.1) is 11.5 Å². The van der Waals surface area contributed by atoms with Crippen LogP contribution in [-0.4, -0.2) is 22.6 Å².